The fourth-order valence-corrected chi connectivity index (χ4v) is 5.58. The number of methoxy groups -OCH3 is 1. The van der Waals surface area contributed by atoms with Crippen molar-refractivity contribution in [1.29, 1.82) is 0 Å². The first-order chi connectivity index (χ1) is 16.0. The molecule has 1 N–H and O–H groups in total. The molecule has 3 aromatic rings. The van der Waals surface area contributed by atoms with Crippen LogP contribution in [0, 0.1) is 0 Å². The van der Waals surface area contributed by atoms with Gasteiger partial charge in [-0.3, -0.25) is 4.79 Å². The Morgan fingerprint density at radius 2 is 1.94 bits per heavy atom. The summed E-state index contributed by atoms with van der Waals surface area (Å²) in [6.07, 6.45) is 9.46. The molecule has 1 atom stereocenters. The SMILES string of the molecule is COC(C)c1cc(C2CC2)cn2cc(C(=O)N3CCC4(CC3)Cc3ccccc3CN4)nc12. The molecule has 1 amide bonds. The first-order valence-electron chi connectivity index (χ1n) is 12.2. The number of hydrogen-bond acceptors (Lipinski definition) is 4. The number of piperidine rings is 1. The number of carbonyl (C=O) groups excluding carboxylic acids is 1. The number of rotatable bonds is 4. The normalized spacial score (nSPS) is 20.7. The van der Waals surface area contributed by atoms with E-state index in [1.807, 2.05) is 22.4 Å². The van der Waals surface area contributed by atoms with Crippen molar-refractivity contribution in [1.82, 2.24) is 19.6 Å². The zero-order valence-corrected chi connectivity index (χ0v) is 19.5. The van der Waals surface area contributed by atoms with Gasteiger partial charge in [0.2, 0.25) is 0 Å². The molecule has 1 saturated carbocycles. The van der Waals surface area contributed by atoms with Crippen molar-refractivity contribution in [3.63, 3.8) is 0 Å². The van der Waals surface area contributed by atoms with Crippen LogP contribution in [-0.2, 0) is 17.7 Å². The van der Waals surface area contributed by atoms with Gasteiger partial charge in [0.1, 0.15) is 11.3 Å². The molecule has 6 rings (SSSR count). The Bertz CT molecular complexity index is 1200. The molecule has 1 unspecified atom stereocenters. The maximum Gasteiger partial charge on any atom is 0.274 e. The highest BCUT2D eigenvalue weighted by atomic mass is 16.5. The minimum Gasteiger partial charge on any atom is -0.377 e. The van der Waals surface area contributed by atoms with Crippen LogP contribution in [0.3, 0.4) is 0 Å². The van der Waals surface area contributed by atoms with E-state index in [1.165, 1.54) is 29.5 Å². The molecule has 0 radical (unpaired) electrons. The number of hydrogen-bond donors (Lipinski definition) is 1. The number of imidazole rings is 1. The lowest BCUT2D eigenvalue weighted by molar-refractivity contribution is 0.0626. The minimum atomic E-state index is -0.0633. The number of aromatic nitrogens is 2. The summed E-state index contributed by atoms with van der Waals surface area (Å²) in [5, 5.41) is 3.79. The average molecular weight is 445 g/mol. The van der Waals surface area contributed by atoms with Crippen molar-refractivity contribution in [2.45, 2.75) is 63.1 Å². The molecule has 2 aliphatic heterocycles. The van der Waals surface area contributed by atoms with Gasteiger partial charge in [-0.2, -0.15) is 0 Å². The number of fused-ring (bicyclic) bond motifs is 2. The van der Waals surface area contributed by atoms with Crippen LogP contribution >= 0.6 is 0 Å². The third-order valence-electron chi connectivity index (χ3n) is 7.97. The molecule has 1 spiro atoms. The lowest BCUT2D eigenvalue weighted by Crippen LogP contribution is -2.57. The summed E-state index contributed by atoms with van der Waals surface area (Å²) in [6, 6.07) is 10.9. The van der Waals surface area contributed by atoms with Crippen molar-refractivity contribution >= 4 is 11.6 Å². The van der Waals surface area contributed by atoms with Gasteiger partial charge in [-0.05, 0) is 67.7 Å². The van der Waals surface area contributed by atoms with Crippen LogP contribution in [0.15, 0.2) is 42.7 Å². The van der Waals surface area contributed by atoms with Crippen molar-refractivity contribution in [3.8, 4) is 0 Å². The molecular formula is C27H32N4O2. The van der Waals surface area contributed by atoms with Gasteiger partial charge >= 0.3 is 0 Å². The summed E-state index contributed by atoms with van der Waals surface area (Å²) < 4.78 is 7.66. The van der Waals surface area contributed by atoms with Crippen molar-refractivity contribution in [2.24, 2.45) is 0 Å². The second-order valence-corrected chi connectivity index (χ2v) is 10.1. The quantitative estimate of drug-likeness (QED) is 0.654. The van der Waals surface area contributed by atoms with Crippen LogP contribution in [-0.4, -0.2) is 45.9 Å². The number of nitrogens with one attached hydrogen (secondary N) is 1. The molecule has 2 aromatic heterocycles. The Labute approximate surface area is 195 Å². The van der Waals surface area contributed by atoms with Gasteiger partial charge in [0.15, 0.2) is 0 Å². The lowest BCUT2D eigenvalue weighted by atomic mass is 9.78. The van der Waals surface area contributed by atoms with E-state index in [1.54, 1.807) is 7.11 Å². The maximum absolute atomic E-state index is 13.4. The van der Waals surface area contributed by atoms with Gasteiger partial charge in [0, 0.05) is 50.2 Å². The first kappa shape index (κ1) is 20.9. The van der Waals surface area contributed by atoms with Crippen molar-refractivity contribution < 1.29 is 9.53 Å². The Hall–Kier alpha value is -2.70. The van der Waals surface area contributed by atoms with E-state index in [4.69, 9.17) is 9.72 Å². The highest BCUT2D eigenvalue weighted by Crippen LogP contribution is 2.41. The molecule has 1 aliphatic carbocycles. The third kappa shape index (κ3) is 3.75. The number of ether oxygens (including phenoxy) is 1. The molecule has 6 nitrogen and oxygen atoms in total. The van der Waals surface area contributed by atoms with E-state index < -0.39 is 0 Å². The predicted octanol–water partition coefficient (Wildman–Crippen LogP) is 4.24. The second kappa shape index (κ2) is 7.96. The monoisotopic (exact) mass is 444 g/mol. The van der Waals surface area contributed by atoms with Gasteiger partial charge in [0.25, 0.3) is 5.91 Å². The number of carbonyl (C=O) groups is 1. The standard InChI is InChI=1S/C27H32N4O2/c1-18(33-2)23-13-22(19-7-8-19)16-31-17-24(29-25(23)31)26(32)30-11-9-27(10-12-30)14-20-5-3-4-6-21(20)15-28-27/h3-6,13,16-19,28H,7-12,14-15H2,1-2H3. The second-order valence-electron chi connectivity index (χ2n) is 10.1. The van der Waals surface area contributed by atoms with Crippen LogP contribution in [0.25, 0.3) is 5.65 Å². The van der Waals surface area contributed by atoms with Gasteiger partial charge in [-0.25, -0.2) is 4.98 Å². The van der Waals surface area contributed by atoms with Crippen LogP contribution in [0.1, 0.15) is 77.4 Å². The lowest BCUT2D eigenvalue weighted by Gasteiger charge is -2.45. The summed E-state index contributed by atoms with van der Waals surface area (Å²) in [4.78, 5) is 20.2. The molecule has 1 saturated heterocycles. The van der Waals surface area contributed by atoms with Crippen LogP contribution < -0.4 is 5.32 Å². The smallest absolute Gasteiger partial charge is 0.274 e. The van der Waals surface area contributed by atoms with Crippen LogP contribution in [0.5, 0.6) is 0 Å². The zero-order chi connectivity index (χ0) is 22.6. The van der Waals surface area contributed by atoms with Crippen molar-refractivity contribution in [2.75, 3.05) is 20.2 Å². The Kier molecular flexibility index (Phi) is 5.03. The fraction of sp³-hybridized carbons (Fsp3) is 0.481. The Morgan fingerprint density at radius 1 is 1.18 bits per heavy atom. The first-order valence-corrected chi connectivity index (χ1v) is 12.2. The van der Waals surface area contributed by atoms with Crippen LogP contribution in [0.2, 0.25) is 0 Å². The highest BCUT2D eigenvalue weighted by Gasteiger charge is 2.38. The average Bonchev–Trinajstić information content (AvgIpc) is 3.61. The van der Waals surface area contributed by atoms with Crippen molar-refractivity contribution in [3.05, 3.63) is 70.7 Å². The summed E-state index contributed by atoms with van der Waals surface area (Å²) in [7, 11) is 1.72. The summed E-state index contributed by atoms with van der Waals surface area (Å²) in [6.45, 7) is 4.48. The summed E-state index contributed by atoms with van der Waals surface area (Å²) >= 11 is 0. The molecule has 1 aromatic carbocycles. The molecule has 3 aliphatic rings. The predicted molar refractivity (Wildman–Crippen MR) is 127 cm³/mol. The van der Waals surface area contributed by atoms with Crippen LogP contribution in [0.4, 0.5) is 0 Å². The van der Waals surface area contributed by atoms with Gasteiger partial charge in [0.05, 0.1) is 6.10 Å². The number of nitrogens with zero attached hydrogens (tertiary/aromatic N) is 3. The van der Waals surface area contributed by atoms with Gasteiger partial charge in [-0.1, -0.05) is 24.3 Å². The zero-order valence-electron chi connectivity index (χ0n) is 19.5. The Morgan fingerprint density at radius 3 is 2.67 bits per heavy atom. The fourth-order valence-electron chi connectivity index (χ4n) is 5.58. The molecule has 2 fully saturated rings. The van der Waals surface area contributed by atoms with E-state index in [-0.39, 0.29) is 17.6 Å². The molecular weight excluding hydrogens is 412 g/mol. The maximum atomic E-state index is 13.4. The van der Waals surface area contributed by atoms with E-state index in [2.05, 4.69) is 41.8 Å². The van der Waals surface area contributed by atoms with E-state index in [0.717, 1.165) is 50.1 Å². The number of amides is 1. The minimum absolute atomic E-state index is 0.0359. The molecule has 0 bridgehead atoms. The number of benzene rings is 1. The molecule has 172 valence electrons. The number of likely N-dealkylation sites (tertiary alicyclic amines) is 1. The Balaban J connectivity index is 1.22. The largest absolute Gasteiger partial charge is 0.377 e. The molecule has 4 heterocycles. The highest BCUT2D eigenvalue weighted by molar-refractivity contribution is 5.93. The summed E-state index contributed by atoms with van der Waals surface area (Å²) in [5.41, 5.74) is 6.69. The molecule has 6 heteroatoms. The number of pyridine rings is 1. The van der Waals surface area contributed by atoms with Gasteiger partial charge < -0.3 is 19.4 Å². The van der Waals surface area contributed by atoms with E-state index >= 15 is 0 Å². The third-order valence-corrected chi connectivity index (χ3v) is 7.97. The van der Waals surface area contributed by atoms with E-state index in [9.17, 15) is 4.79 Å². The topological polar surface area (TPSA) is 58.9 Å². The summed E-state index contributed by atoms with van der Waals surface area (Å²) in [5.74, 6) is 0.666. The molecule has 33 heavy (non-hydrogen) atoms. The van der Waals surface area contributed by atoms with E-state index in [0.29, 0.717) is 11.6 Å². The van der Waals surface area contributed by atoms with Gasteiger partial charge in [-0.15, -0.1) is 0 Å².